The molecular formula is C18H26BN3O2. The topological polar surface area (TPSA) is 67.2 Å². The third-order valence-corrected chi connectivity index (χ3v) is 5.84. The smallest absolute Gasteiger partial charge is 0.399 e. The Bertz CT molecular complexity index is 614. The van der Waals surface area contributed by atoms with Crippen molar-refractivity contribution in [2.75, 3.05) is 0 Å². The van der Waals surface area contributed by atoms with E-state index in [0.717, 1.165) is 31.1 Å². The molecule has 0 amide bonds. The molecule has 0 unspecified atom stereocenters. The van der Waals surface area contributed by atoms with E-state index in [2.05, 4.69) is 62.0 Å². The molecule has 0 radical (unpaired) electrons. The van der Waals surface area contributed by atoms with Crippen LogP contribution in [0.25, 0.3) is 10.4 Å². The fraction of sp³-hybridized carbons (Fsp3) is 0.667. The fourth-order valence-corrected chi connectivity index (χ4v) is 3.50. The maximum atomic E-state index is 8.54. The lowest BCUT2D eigenvalue weighted by molar-refractivity contribution is 0.00578. The van der Waals surface area contributed by atoms with Gasteiger partial charge in [-0.05, 0) is 75.9 Å². The maximum absolute atomic E-state index is 8.54. The van der Waals surface area contributed by atoms with E-state index in [1.54, 1.807) is 0 Å². The first-order valence-electron chi connectivity index (χ1n) is 8.82. The van der Waals surface area contributed by atoms with Crippen LogP contribution in [0.3, 0.4) is 0 Å². The second kappa shape index (κ2) is 6.43. The van der Waals surface area contributed by atoms with E-state index in [0.29, 0.717) is 5.92 Å². The van der Waals surface area contributed by atoms with Crippen molar-refractivity contribution in [2.24, 2.45) is 5.11 Å². The van der Waals surface area contributed by atoms with E-state index in [4.69, 9.17) is 14.8 Å². The number of rotatable bonds is 3. The zero-order valence-corrected chi connectivity index (χ0v) is 15.0. The molecular weight excluding hydrogens is 301 g/mol. The summed E-state index contributed by atoms with van der Waals surface area (Å²) in [5.74, 6) is 0.558. The van der Waals surface area contributed by atoms with E-state index in [1.165, 1.54) is 5.56 Å². The standard InChI is InChI=1S/C18H26BN3O2/c1-17(2)18(3,4)24-19(23-17)15-9-5-13(6-10-15)14-7-11-16(12-8-14)21-22-20/h5-6,9-10,14,16H,7-8,11-12H2,1-4H3. The number of azide groups is 1. The van der Waals surface area contributed by atoms with Crippen molar-refractivity contribution >= 4 is 12.6 Å². The van der Waals surface area contributed by atoms with Crippen LogP contribution >= 0.6 is 0 Å². The van der Waals surface area contributed by atoms with Gasteiger partial charge in [-0.2, -0.15) is 0 Å². The highest BCUT2D eigenvalue weighted by Crippen LogP contribution is 2.37. The van der Waals surface area contributed by atoms with Crippen LogP contribution in [0.1, 0.15) is 64.9 Å². The summed E-state index contributed by atoms with van der Waals surface area (Å²) in [7, 11) is -0.301. The summed E-state index contributed by atoms with van der Waals surface area (Å²) < 4.78 is 12.2. The van der Waals surface area contributed by atoms with Crippen LogP contribution < -0.4 is 5.46 Å². The van der Waals surface area contributed by atoms with Gasteiger partial charge >= 0.3 is 7.12 Å². The zero-order chi connectivity index (χ0) is 17.4. The van der Waals surface area contributed by atoms with Gasteiger partial charge in [-0.3, -0.25) is 0 Å². The summed E-state index contributed by atoms with van der Waals surface area (Å²) in [6, 6.07) is 8.81. The highest BCUT2D eigenvalue weighted by molar-refractivity contribution is 6.62. The SMILES string of the molecule is CC1(C)OB(c2ccc(C3CCC(N=[N+]=[N-])CC3)cc2)OC1(C)C. The monoisotopic (exact) mass is 327 g/mol. The highest BCUT2D eigenvalue weighted by Gasteiger charge is 2.51. The van der Waals surface area contributed by atoms with Gasteiger partial charge in [0, 0.05) is 11.0 Å². The molecule has 0 bridgehead atoms. The van der Waals surface area contributed by atoms with Crippen molar-refractivity contribution in [2.45, 2.75) is 76.5 Å². The molecule has 1 saturated carbocycles. The van der Waals surface area contributed by atoms with Gasteiger partial charge in [0.15, 0.2) is 0 Å². The molecule has 3 rings (SSSR count). The van der Waals surface area contributed by atoms with Gasteiger partial charge in [-0.25, -0.2) is 0 Å². The number of hydrogen-bond donors (Lipinski definition) is 0. The van der Waals surface area contributed by atoms with Crippen LogP contribution in [0, 0.1) is 0 Å². The predicted molar refractivity (Wildman–Crippen MR) is 96.3 cm³/mol. The third-order valence-electron chi connectivity index (χ3n) is 5.84. The molecule has 5 nitrogen and oxygen atoms in total. The molecule has 1 aromatic rings. The molecule has 128 valence electrons. The minimum absolute atomic E-state index is 0.176. The first-order valence-corrected chi connectivity index (χ1v) is 8.82. The van der Waals surface area contributed by atoms with Crippen LogP contribution in [-0.2, 0) is 9.31 Å². The van der Waals surface area contributed by atoms with E-state index in [9.17, 15) is 0 Å². The highest BCUT2D eigenvalue weighted by atomic mass is 16.7. The molecule has 0 aromatic heterocycles. The van der Waals surface area contributed by atoms with Crippen molar-refractivity contribution < 1.29 is 9.31 Å². The molecule has 2 aliphatic rings. The van der Waals surface area contributed by atoms with Crippen molar-refractivity contribution in [1.82, 2.24) is 0 Å². The van der Waals surface area contributed by atoms with Gasteiger partial charge in [0.1, 0.15) is 0 Å². The molecule has 1 heterocycles. The van der Waals surface area contributed by atoms with E-state index < -0.39 is 0 Å². The third kappa shape index (κ3) is 3.32. The molecule has 1 aliphatic heterocycles. The van der Waals surface area contributed by atoms with Crippen LogP contribution in [0.2, 0.25) is 0 Å². The van der Waals surface area contributed by atoms with Gasteiger partial charge in [0.05, 0.1) is 11.2 Å². The Kier molecular flexibility index (Phi) is 4.65. The summed E-state index contributed by atoms with van der Waals surface area (Å²) in [5, 5.41) is 3.85. The molecule has 0 N–H and O–H groups in total. The van der Waals surface area contributed by atoms with Crippen molar-refractivity contribution in [1.29, 1.82) is 0 Å². The second-order valence-corrected chi connectivity index (χ2v) is 7.97. The van der Waals surface area contributed by atoms with Crippen molar-refractivity contribution in [3.63, 3.8) is 0 Å². The van der Waals surface area contributed by atoms with Crippen LogP contribution in [0.4, 0.5) is 0 Å². The lowest BCUT2D eigenvalue weighted by Gasteiger charge is -2.32. The van der Waals surface area contributed by atoms with E-state index in [-0.39, 0.29) is 24.4 Å². The summed E-state index contributed by atoms with van der Waals surface area (Å²) in [5.41, 5.74) is 10.4. The predicted octanol–water partition coefficient (Wildman–Crippen LogP) is 4.32. The first kappa shape index (κ1) is 17.3. The molecule has 1 saturated heterocycles. The lowest BCUT2D eigenvalue weighted by atomic mass is 9.76. The molecule has 0 spiro atoms. The quantitative estimate of drug-likeness (QED) is 0.359. The second-order valence-electron chi connectivity index (χ2n) is 7.97. The summed E-state index contributed by atoms with van der Waals surface area (Å²) in [4.78, 5) is 2.93. The Labute approximate surface area is 144 Å². The average molecular weight is 327 g/mol. The Morgan fingerprint density at radius 2 is 1.54 bits per heavy atom. The maximum Gasteiger partial charge on any atom is 0.494 e. The van der Waals surface area contributed by atoms with Gasteiger partial charge in [-0.1, -0.05) is 29.4 Å². The molecule has 2 fully saturated rings. The van der Waals surface area contributed by atoms with Crippen LogP contribution in [-0.4, -0.2) is 24.4 Å². The summed E-state index contributed by atoms with van der Waals surface area (Å²) in [6.07, 6.45) is 4.13. The van der Waals surface area contributed by atoms with Crippen molar-refractivity contribution in [3.8, 4) is 0 Å². The Balaban J connectivity index is 1.66. The van der Waals surface area contributed by atoms with E-state index >= 15 is 0 Å². The Morgan fingerprint density at radius 3 is 2.04 bits per heavy atom. The van der Waals surface area contributed by atoms with Gasteiger partial charge in [0.2, 0.25) is 0 Å². The fourth-order valence-electron chi connectivity index (χ4n) is 3.50. The van der Waals surface area contributed by atoms with Crippen LogP contribution in [0.5, 0.6) is 0 Å². The Morgan fingerprint density at radius 1 is 1.00 bits per heavy atom. The molecule has 24 heavy (non-hydrogen) atoms. The summed E-state index contributed by atoms with van der Waals surface area (Å²) >= 11 is 0. The molecule has 1 aromatic carbocycles. The average Bonchev–Trinajstić information content (AvgIpc) is 2.77. The zero-order valence-electron chi connectivity index (χ0n) is 15.0. The molecule has 1 aliphatic carbocycles. The van der Waals surface area contributed by atoms with Gasteiger partial charge in [-0.15, -0.1) is 0 Å². The Hall–Kier alpha value is -1.49. The summed E-state index contributed by atoms with van der Waals surface area (Å²) in [6.45, 7) is 8.29. The number of hydrogen-bond acceptors (Lipinski definition) is 3. The first-order chi connectivity index (χ1) is 11.3. The minimum atomic E-state index is -0.310. The van der Waals surface area contributed by atoms with Crippen LogP contribution in [0.15, 0.2) is 29.4 Å². The molecule has 0 atom stereocenters. The van der Waals surface area contributed by atoms with Gasteiger partial charge in [0.25, 0.3) is 0 Å². The molecule has 6 heteroatoms. The van der Waals surface area contributed by atoms with Crippen molar-refractivity contribution in [3.05, 3.63) is 40.3 Å². The normalized spacial score (nSPS) is 28.4. The number of nitrogens with zero attached hydrogens (tertiary/aromatic N) is 3. The van der Waals surface area contributed by atoms with Gasteiger partial charge < -0.3 is 9.31 Å². The number of benzene rings is 1. The minimum Gasteiger partial charge on any atom is -0.399 e. The largest absolute Gasteiger partial charge is 0.494 e. The van der Waals surface area contributed by atoms with E-state index in [1.807, 2.05) is 0 Å². The lowest BCUT2D eigenvalue weighted by Crippen LogP contribution is -2.41.